The van der Waals surface area contributed by atoms with E-state index in [1.165, 1.54) is 0 Å². The van der Waals surface area contributed by atoms with E-state index in [2.05, 4.69) is 10.6 Å². The summed E-state index contributed by atoms with van der Waals surface area (Å²) in [6, 6.07) is 10.5. The second kappa shape index (κ2) is 8.31. The smallest absolute Gasteiger partial charge is 0.228 e. The number of benzene rings is 2. The molecule has 0 aliphatic carbocycles. The van der Waals surface area contributed by atoms with Gasteiger partial charge in [0.1, 0.15) is 13.2 Å². The van der Waals surface area contributed by atoms with Gasteiger partial charge in [-0.05, 0) is 42.0 Å². The number of rotatable bonds is 5. The molecule has 2 aromatic carbocycles. The van der Waals surface area contributed by atoms with Crippen molar-refractivity contribution in [3.05, 3.63) is 47.0 Å². The minimum atomic E-state index is -0.179. The van der Waals surface area contributed by atoms with Crippen LogP contribution in [0.15, 0.2) is 36.4 Å². The number of carbonyl (C=O) groups excluding carboxylic acids is 2. The first-order valence-electron chi connectivity index (χ1n) is 8.71. The molecule has 0 saturated heterocycles. The Bertz CT molecular complexity index is 850. The van der Waals surface area contributed by atoms with Crippen LogP contribution >= 0.6 is 11.6 Å². The number of amides is 2. The van der Waals surface area contributed by atoms with Gasteiger partial charge in [-0.15, -0.1) is 0 Å². The molecule has 142 valence electrons. The number of ether oxygens (including phenoxy) is 2. The van der Waals surface area contributed by atoms with Crippen molar-refractivity contribution >= 4 is 34.8 Å². The first kappa shape index (κ1) is 19.0. The van der Waals surface area contributed by atoms with Gasteiger partial charge in [0.15, 0.2) is 11.5 Å². The Hall–Kier alpha value is -2.73. The molecule has 0 atom stereocenters. The zero-order valence-corrected chi connectivity index (χ0v) is 15.9. The number of hydrogen-bond donors (Lipinski definition) is 2. The molecule has 0 spiro atoms. The van der Waals surface area contributed by atoms with E-state index in [-0.39, 0.29) is 24.2 Å². The van der Waals surface area contributed by atoms with E-state index in [4.69, 9.17) is 21.1 Å². The van der Waals surface area contributed by atoms with Crippen LogP contribution in [0.25, 0.3) is 0 Å². The molecular formula is C20H21ClN2O4. The summed E-state index contributed by atoms with van der Waals surface area (Å²) in [5.41, 5.74) is 2.07. The second-order valence-corrected chi connectivity index (χ2v) is 6.96. The van der Waals surface area contributed by atoms with Crippen LogP contribution in [0, 0.1) is 5.92 Å². The van der Waals surface area contributed by atoms with Crippen LogP contribution in [-0.4, -0.2) is 25.0 Å². The van der Waals surface area contributed by atoms with Gasteiger partial charge in [0.25, 0.3) is 0 Å². The topological polar surface area (TPSA) is 76.7 Å². The number of hydrogen-bond acceptors (Lipinski definition) is 4. The third kappa shape index (κ3) is 4.92. The Balaban J connectivity index is 1.61. The van der Waals surface area contributed by atoms with Crippen LogP contribution in [0.3, 0.4) is 0 Å². The van der Waals surface area contributed by atoms with Crippen LogP contribution in [-0.2, 0) is 16.0 Å². The predicted octanol–water partition coefficient (Wildman–Crippen LogP) is 3.89. The van der Waals surface area contributed by atoms with Crippen molar-refractivity contribution in [1.82, 2.24) is 0 Å². The van der Waals surface area contributed by atoms with Crippen LogP contribution < -0.4 is 20.1 Å². The van der Waals surface area contributed by atoms with E-state index in [0.717, 1.165) is 5.56 Å². The predicted molar refractivity (Wildman–Crippen MR) is 105 cm³/mol. The van der Waals surface area contributed by atoms with Gasteiger partial charge in [-0.3, -0.25) is 9.59 Å². The normalized spacial score (nSPS) is 12.6. The molecule has 1 aliphatic rings. The van der Waals surface area contributed by atoms with Crippen molar-refractivity contribution in [2.45, 2.75) is 20.3 Å². The summed E-state index contributed by atoms with van der Waals surface area (Å²) in [4.78, 5) is 24.0. The minimum Gasteiger partial charge on any atom is -0.486 e. The minimum absolute atomic E-state index is 0.0535. The zero-order valence-electron chi connectivity index (χ0n) is 15.2. The summed E-state index contributed by atoms with van der Waals surface area (Å²) in [7, 11) is 0. The largest absolute Gasteiger partial charge is 0.486 e. The molecule has 2 amide bonds. The lowest BCUT2D eigenvalue weighted by Gasteiger charge is -2.20. The Morgan fingerprint density at radius 3 is 2.33 bits per heavy atom. The summed E-state index contributed by atoms with van der Waals surface area (Å²) in [5.74, 6) is 0.749. The van der Waals surface area contributed by atoms with Crippen LogP contribution in [0.2, 0.25) is 5.02 Å². The second-order valence-electron chi connectivity index (χ2n) is 6.55. The fraction of sp³-hybridized carbons (Fsp3) is 0.300. The summed E-state index contributed by atoms with van der Waals surface area (Å²) in [5, 5.41) is 6.06. The van der Waals surface area contributed by atoms with Crippen molar-refractivity contribution in [2.75, 3.05) is 23.8 Å². The van der Waals surface area contributed by atoms with Gasteiger partial charge in [0.2, 0.25) is 11.8 Å². The number of fused-ring (bicyclic) bond motifs is 1. The van der Waals surface area contributed by atoms with E-state index in [9.17, 15) is 9.59 Å². The number of carbonyl (C=O) groups is 2. The van der Waals surface area contributed by atoms with E-state index in [1.807, 2.05) is 13.8 Å². The summed E-state index contributed by atoms with van der Waals surface area (Å²) in [6.45, 7) is 4.57. The Labute approximate surface area is 162 Å². The lowest BCUT2D eigenvalue weighted by atomic mass is 10.1. The lowest BCUT2D eigenvalue weighted by Crippen LogP contribution is -2.18. The summed E-state index contributed by atoms with van der Waals surface area (Å²) in [6.07, 6.45) is 0.155. The fourth-order valence-electron chi connectivity index (χ4n) is 2.58. The van der Waals surface area contributed by atoms with Crippen molar-refractivity contribution in [2.24, 2.45) is 5.92 Å². The molecule has 0 fully saturated rings. The molecule has 0 aromatic heterocycles. The third-order valence-corrected chi connectivity index (χ3v) is 4.26. The van der Waals surface area contributed by atoms with Crippen LogP contribution in [0.4, 0.5) is 11.4 Å². The van der Waals surface area contributed by atoms with Crippen LogP contribution in [0.5, 0.6) is 11.5 Å². The maximum atomic E-state index is 12.3. The van der Waals surface area contributed by atoms with E-state index >= 15 is 0 Å². The highest BCUT2D eigenvalue weighted by molar-refractivity contribution is 6.32. The van der Waals surface area contributed by atoms with Gasteiger partial charge in [-0.1, -0.05) is 25.4 Å². The Kier molecular flexibility index (Phi) is 5.86. The van der Waals surface area contributed by atoms with Crippen molar-refractivity contribution in [1.29, 1.82) is 0 Å². The highest BCUT2D eigenvalue weighted by Crippen LogP contribution is 2.38. The summed E-state index contributed by atoms with van der Waals surface area (Å²) < 4.78 is 11.0. The molecule has 2 aromatic rings. The Morgan fingerprint density at radius 1 is 1.04 bits per heavy atom. The Morgan fingerprint density at radius 2 is 1.67 bits per heavy atom. The molecule has 7 heteroatoms. The van der Waals surface area contributed by atoms with Gasteiger partial charge >= 0.3 is 0 Å². The highest BCUT2D eigenvalue weighted by Gasteiger charge is 2.17. The SMILES string of the molecule is CC(C)C(=O)Nc1ccc(NC(=O)Cc2cc(Cl)c3c(c2)OCCO3)cc1. The molecule has 6 nitrogen and oxygen atoms in total. The average Bonchev–Trinajstić information content (AvgIpc) is 2.63. The van der Waals surface area contributed by atoms with E-state index < -0.39 is 0 Å². The molecule has 1 aliphatic heterocycles. The lowest BCUT2D eigenvalue weighted by molar-refractivity contribution is -0.119. The maximum absolute atomic E-state index is 12.3. The molecule has 0 radical (unpaired) electrons. The molecule has 0 saturated carbocycles. The van der Waals surface area contributed by atoms with Crippen molar-refractivity contribution in [3.8, 4) is 11.5 Å². The van der Waals surface area contributed by atoms with Crippen molar-refractivity contribution < 1.29 is 19.1 Å². The summed E-state index contributed by atoms with van der Waals surface area (Å²) >= 11 is 6.20. The average molecular weight is 389 g/mol. The first-order chi connectivity index (χ1) is 12.9. The molecule has 1 heterocycles. The molecule has 2 N–H and O–H groups in total. The van der Waals surface area contributed by atoms with Gasteiger partial charge < -0.3 is 20.1 Å². The number of anilines is 2. The van der Waals surface area contributed by atoms with Gasteiger partial charge in [0.05, 0.1) is 11.4 Å². The molecule has 3 rings (SSSR count). The zero-order chi connectivity index (χ0) is 19.4. The maximum Gasteiger partial charge on any atom is 0.228 e. The highest BCUT2D eigenvalue weighted by atomic mass is 35.5. The first-order valence-corrected chi connectivity index (χ1v) is 9.09. The van der Waals surface area contributed by atoms with Gasteiger partial charge in [-0.25, -0.2) is 0 Å². The third-order valence-electron chi connectivity index (χ3n) is 3.98. The van der Waals surface area contributed by atoms with Gasteiger partial charge in [-0.2, -0.15) is 0 Å². The molecule has 0 bridgehead atoms. The molecule has 27 heavy (non-hydrogen) atoms. The van der Waals surface area contributed by atoms with Crippen molar-refractivity contribution in [3.63, 3.8) is 0 Å². The quantitative estimate of drug-likeness (QED) is 0.814. The number of nitrogens with one attached hydrogen (secondary N) is 2. The molecular weight excluding hydrogens is 368 g/mol. The van der Waals surface area contributed by atoms with E-state index in [0.29, 0.717) is 41.1 Å². The fourth-order valence-corrected chi connectivity index (χ4v) is 2.87. The van der Waals surface area contributed by atoms with Crippen LogP contribution in [0.1, 0.15) is 19.4 Å². The molecule has 0 unspecified atom stereocenters. The standard InChI is InChI=1S/C20H21ClN2O4/c1-12(2)20(25)23-15-5-3-14(4-6-15)22-18(24)11-13-9-16(21)19-17(10-13)26-7-8-27-19/h3-6,9-10,12H,7-8,11H2,1-2H3,(H,22,24)(H,23,25). The van der Waals surface area contributed by atoms with E-state index in [1.54, 1.807) is 36.4 Å². The van der Waals surface area contributed by atoms with Gasteiger partial charge in [0, 0.05) is 17.3 Å². The number of halogens is 1. The monoisotopic (exact) mass is 388 g/mol.